The summed E-state index contributed by atoms with van der Waals surface area (Å²) in [6.45, 7) is 6.22. The van der Waals surface area contributed by atoms with E-state index >= 15 is 0 Å². The second-order valence-corrected chi connectivity index (χ2v) is 5.42. The highest BCUT2D eigenvalue weighted by Gasteiger charge is 2.17. The molecule has 3 nitrogen and oxygen atoms in total. The standard InChI is InChI=1S/C14H21BrO3/c1-4-18-14-6-5-11(8-12(14)15)9(2)7-13(17)10(3)16/h5-6,8-10,13,16-17H,4,7H2,1-3H3. The second kappa shape index (κ2) is 7.12. The number of hydrogen-bond donors (Lipinski definition) is 2. The molecule has 3 unspecified atom stereocenters. The van der Waals surface area contributed by atoms with E-state index in [-0.39, 0.29) is 5.92 Å². The fourth-order valence-electron chi connectivity index (χ4n) is 1.79. The molecule has 1 rings (SSSR count). The third-order valence-electron chi connectivity index (χ3n) is 2.98. The lowest BCUT2D eigenvalue weighted by molar-refractivity contribution is 0.0227. The lowest BCUT2D eigenvalue weighted by atomic mass is 9.93. The second-order valence-electron chi connectivity index (χ2n) is 4.57. The number of aliphatic hydroxyl groups excluding tert-OH is 2. The van der Waals surface area contributed by atoms with E-state index in [9.17, 15) is 10.2 Å². The maximum absolute atomic E-state index is 9.68. The van der Waals surface area contributed by atoms with E-state index in [1.807, 2.05) is 32.0 Å². The average molecular weight is 317 g/mol. The van der Waals surface area contributed by atoms with Crippen molar-refractivity contribution in [2.45, 2.75) is 45.3 Å². The van der Waals surface area contributed by atoms with Crippen molar-refractivity contribution >= 4 is 15.9 Å². The van der Waals surface area contributed by atoms with Crippen LogP contribution in [0.2, 0.25) is 0 Å². The summed E-state index contributed by atoms with van der Waals surface area (Å²) in [6, 6.07) is 5.92. The molecule has 102 valence electrons. The van der Waals surface area contributed by atoms with Crippen molar-refractivity contribution < 1.29 is 14.9 Å². The predicted molar refractivity (Wildman–Crippen MR) is 76.0 cm³/mol. The van der Waals surface area contributed by atoms with Gasteiger partial charge in [-0.15, -0.1) is 0 Å². The van der Waals surface area contributed by atoms with Crippen LogP contribution in [0, 0.1) is 0 Å². The summed E-state index contributed by atoms with van der Waals surface area (Å²) in [5, 5.41) is 19.0. The van der Waals surface area contributed by atoms with Gasteiger partial charge in [0, 0.05) is 0 Å². The van der Waals surface area contributed by atoms with Crippen LogP contribution in [0.3, 0.4) is 0 Å². The number of aliphatic hydroxyl groups is 2. The molecule has 4 heteroatoms. The van der Waals surface area contributed by atoms with Crippen LogP contribution in [-0.2, 0) is 0 Å². The number of benzene rings is 1. The summed E-state index contributed by atoms with van der Waals surface area (Å²) < 4.78 is 6.37. The van der Waals surface area contributed by atoms with Crippen LogP contribution in [0.15, 0.2) is 22.7 Å². The van der Waals surface area contributed by atoms with E-state index in [4.69, 9.17) is 4.74 Å². The zero-order chi connectivity index (χ0) is 13.7. The van der Waals surface area contributed by atoms with Crippen LogP contribution in [0.1, 0.15) is 38.7 Å². The average Bonchev–Trinajstić information content (AvgIpc) is 2.31. The third kappa shape index (κ3) is 4.26. The smallest absolute Gasteiger partial charge is 0.133 e. The number of rotatable bonds is 6. The van der Waals surface area contributed by atoms with Crippen LogP contribution in [-0.4, -0.2) is 29.0 Å². The maximum atomic E-state index is 9.68. The fourth-order valence-corrected chi connectivity index (χ4v) is 2.30. The van der Waals surface area contributed by atoms with Crippen molar-refractivity contribution in [3.05, 3.63) is 28.2 Å². The largest absolute Gasteiger partial charge is 0.493 e. The molecule has 0 bridgehead atoms. The van der Waals surface area contributed by atoms with Crippen molar-refractivity contribution in [3.63, 3.8) is 0 Å². The van der Waals surface area contributed by atoms with E-state index in [2.05, 4.69) is 15.9 Å². The molecular formula is C14H21BrO3. The van der Waals surface area contributed by atoms with Crippen molar-refractivity contribution in [2.75, 3.05) is 6.61 Å². The lowest BCUT2D eigenvalue weighted by Crippen LogP contribution is -2.24. The Morgan fingerprint density at radius 3 is 2.44 bits per heavy atom. The molecule has 0 aliphatic carbocycles. The monoisotopic (exact) mass is 316 g/mol. The Morgan fingerprint density at radius 1 is 1.28 bits per heavy atom. The molecule has 2 N–H and O–H groups in total. The summed E-state index contributed by atoms with van der Waals surface area (Å²) in [7, 11) is 0. The van der Waals surface area contributed by atoms with Gasteiger partial charge in [0.2, 0.25) is 0 Å². The van der Waals surface area contributed by atoms with Gasteiger partial charge in [-0.05, 0) is 59.8 Å². The minimum atomic E-state index is -0.696. The lowest BCUT2D eigenvalue weighted by Gasteiger charge is -2.19. The Balaban J connectivity index is 2.75. The van der Waals surface area contributed by atoms with Crippen molar-refractivity contribution in [1.82, 2.24) is 0 Å². The number of hydrogen-bond acceptors (Lipinski definition) is 3. The van der Waals surface area contributed by atoms with Crippen LogP contribution >= 0.6 is 15.9 Å². The van der Waals surface area contributed by atoms with Crippen LogP contribution in [0.4, 0.5) is 0 Å². The maximum Gasteiger partial charge on any atom is 0.133 e. The minimum Gasteiger partial charge on any atom is -0.493 e. The van der Waals surface area contributed by atoms with E-state index < -0.39 is 12.2 Å². The summed E-state index contributed by atoms with van der Waals surface area (Å²) >= 11 is 3.47. The van der Waals surface area contributed by atoms with Crippen molar-refractivity contribution in [1.29, 1.82) is 0 Å². The Hall–Kier alpha value is -0.580. The highest BCUT2D eigenvalue weighted by Crippen LogP contribution is 2.30. The Morgan fingerprint density at radius 2 is 1.94 bits per heavy atom. The molecular weight excluding hydrogens is 296 g/mol. The van der Waals surface area contributed by atoms with Gasteiger partial charge in [-0.3, -0.25) is 0 Å². The zero-order valence-electron chi connectivity index (χ0n) is 11.1. The van der Waals surface area contributed by atoms with Gasteiger partial charge in [-0.1, -0.05) is 13.0 Å². The van der Waals surface area contributed by atoms with Crippen molar-refractivity contribution in [2.24, 2.45) is 0 Å². The first kappa shape index (κ1) is 15.5. The SMILES string of the molecule is CCOc1ccc(C(C)CC(O)C(C)O)cc1Br. The molecule has 0 amide bonds. The Labute approximate surface area is 117 Å². The third-order valence-corrected chi connectivity index (χ3v) is 3.60. The number of ether oxygens (including phenoxy) is 1. The van der Waals surface area contributed by atoms with Gasteiger partial charge in [-0.25, -0.2) is 0 Å². The summed E-state index contributed by atoms with van der Waals surface area (Å²) in [5.74, 6) is 1.01. The summed E-state index contributed by atoms with van der Waals surface area (Å²) in [5.41, 5.74) is 1.12. The first-order chi connectivity index (χ1) is 8.45. The van der Waals surface area contributed by atoms with Crippen LogP contribution in [0.25, 0.3) is 0 Å². The molecule has 0 aromatic heterocycles. The topological polar surface area (TPSA) is 49.7 Å². The molecule has 0 spiro atoms. The summed E-state index contributed by atoms with van der Waals surface area (Å²) in [4.78, 5) is 0. The van der Waals surface area contributed by atoms with Gasteiger partial charge in [0.1, 0.15) is 5.75 Å². The molecule has 0 radical (unpaired) electrons. The Bertz CT molecular complexity index is 379. The van der Waals surface area contributed by atoms with Crippen LogP contribution in [0.5, 0.6) is 5.75 Å². The van der Waals surface area contributed by atoms with Gasteiger partial charge in [0.25, 0.3) is 0 Å². The molecule has 18 heavy (non-hydrogen) atoms. The first-order valence-corrected chi connectivity index (χ1v) is 7.03. The quantitative estimate of drug-likeness (QED) is 0.848. The highest BCUT2D eigenvalue weighted by molar-refractivity contribution is 9.10. The molecule has 0 heterocycles. The Kier molecular flexibility index (Phi) is 6.12. The minimum absolute atomic E-state index is 0.182. The van der Waals surface area contributed by atoms with Gasteiger partial charge in [0.05, 0.1) is 23.3 Å². The molecule has 0 fully saturated rings. The van der Waals surface area contributed by atoms with Gasteiger partial charge in [0.15, 0.2) is 0 Å². The normalized spacial score (nSPS) is 16.1. The van der Waals surface area contributed by atoms with Gasteiger partial charge < -0.3 is 14.9 Å². The molecule has 0 aliphatic heterocycles. The molecule has 1 aromatic carbocycles. The van der Waals surface area contributed by atoms with Crippen LogP contribution < -0.4 is 4.74 Å². The van der Waals surface area contributed by atoms with E-state index in [0.717, 1.165) is 15.8 Å². The molecule has 1 aromatic rings. The predicted octanol–water partition coefficient (Wildman–Crippen LogP) is 3.08. The van der Waals surface area contributed by atoms with E-state index in [1.54, 1.807) is 6.92 Å². The van der Waals surface area contributed by atoms with Crippen molar-refractivity contribution in [3.8, 4) is 5.75 Å². The zero-order valence-corrected chi connectivity index (χ0v) is 12.6. The highest BCUT2D eigenvalue weighted by atomic mass is 79.9. The molecule has 0 saturated carbocycles. The van der Waals surface area contributed by atoms with E-state index in [1.165, 1.54) is 0 Å². The molecule has 0 aliphatic rings. The van der Waals surface area contributed by atoms with E-state index in [0.29, 0.717) is 13.0 Å². The fraction of sp³-hybridized carbons (Fsp3) is 0.571. The van der Waals surface area contributed by atoms with Gasteiger partial charge in [-0.2, -0.15) is 0 Å². The molecule has 0 saturated heterocycles. The first-order valence-electron chi connectivity index (χ1n) is 6.24. The molecule has 3 atom stereocenters. The summed E-state index contributed by atoms with van der Waals surface area (Å²) in [6.07, 6.45) is -0.845. The van der Waals surface area contributed by atoms with Gasteiger partial charge >= 0.3 is 0 Å². The number of halogens is 1.